The highest BCUT2D eigenvalue weighted by molar-refractivity contribution is 8.00. The van der Waals surface area contributed by atoms with E-state index in [0.717, 1.165) is 24.2 Å². The average molecular weight is 432 g/mol. The molecule has 1 aromatic heterocycles. The summed E-state index contributed by atoms with van der Waals surface area (Å²) in [4.78, 5) is 13.1. The summed E-state index contributed by atoms with van der Waals surface area (Å²) in [5, 5.41) is 12.0. The van der Waals surface area contributed by atoms with Gasteiger partial charge in [0.1, 0.15) is 11.1 Å². The van der Waals surface area contributed by atoms with Crippen LogP contribution in [0.5, 0.6) is 0 Å². The number of nitrogens with zero attached hydrogens (tertiary/aromatic N) is 3. The van der Waals surface area contributed by atoms with E-state index in [4.69, 9.17) is 11.6 Å². The fourth-order valence-electron chi connectivity index (χ4n) is 3.18. The first kappa shape index (κ1) is 19.7. The van der Waals surface area contributed by atoms with Gasteiger partial charge in [0.2, 0.25) is 11.1 Å². The van der Waals surface area contributed by atoms with Gasteiger partial charge in [-0.25, -0.2) is 9.07 Å². The Kier molecular flexibility index (Phi) is 5.73. The third-order valence-electron chi connectivity index (χ3n) is 4.56. The number of benzene rings is 2. The Morgan fingerprint density at radius 1 is 1.28 bits per heavy atom. The summed E-state index contributed by atoms with van der Waals surface area (Å²) >= 11 is 7.36. The molecule has 0 saturated heterocycles. The highest BCUT2D eigenvalue weighted by Gasteiger charge is 2.37. The van der Waals surface area contributed by atoms with Crippen LogP contribution < -0.4 is 10.7 Å². The second-order valence-corrected chi connectivity index (χ2v) is 8.23. The van der Waals surface area contributed by atoms with Crippen LogP contribution in [0.3, 0.4) is 0 Å². The number of thioether (sulfide) groups is 1. The molecule has 150 valence electrons. The highest BCUT2D eigenvalue weighted by Crippen LogP contribution is 2.37. The van der Waals surface area contributed by atoms with E-state index in [-0.39, 0.29) is 17.8 Å². The van der Waals surface area contributed by atoms with Crippen molar-refractivity contribution in [3.8, 4) is 0 Å². The van der Waals surface area contributed by atoms with Gasteiger partial charge in [0.25, 0.3) is 0 Å². The molecular weight excluding hydrogens is 413 g/mol. The number of carbonyl (C=O) groups is 1. The van der Waals surface area contributed by atoms with Gasteiger partial charge in [-0.2, -0.15) is 0 Å². The van der Waals surface area contributed by atoms with Crippen molar-refractivity contribution in [3.05, 3.63) is 70.8 Å². The number of amides is 1. The van der Waals surface area contributed by atoms with E-state index >= 15 is 0 Å². The van der Waals surface area contributed by atoms with Crippen molar-refractivity contribution in [2.24, 2.45) is 0 Å². The Morgan fingerprint density at radius 2 is 2.07 bits per heavy atom. The van der Waals surface area contributed by atoms with E-state index in [9.17, 15) is 9.18 Å². The number of rotatable bonds is 5. The van der Waals surface area contributed by atoms with E-state index < -0.39 is 5.25 Å². The molecule has 0 fully saturated rings. The molecule has 1 aliphatic rings. The SMILES string of the molecule is CCCc1nnc2n1N[C@H](c1ccc(F)cc1)[C@@H](C(=O)Nc1cccc(Cl)c1)S2. The van der Waals surface area contributed by atoms with Gasteiger partial charge in [-0.15, -0.1) is 10.2 Å². The number of fused-ring (bicyclic) bond motifs is 1. The maximum absolute atomic E-state index is 13.4. The largest absolute Gasteiger partial charge is 0.325 e. The molecule has 29 heavy (non-hydrogen) atoms. The maximum Gasteiger partial charge on any atom is 0.240 e. The van der Waals surface area contributed by atoms with Crippen molar-refractivity contribution >= 4 is 35.0 Å². The van der Waals surface area contributed by atoms with Crippen molar-refractivity contribution in [1.82, 2.24) is 14.9 Å². The normalized spacial score (nSPS) is 18.0. The fraction of sp³-hybridized carbons (Fsp3) is 0.250. The van der Waals surface area contributed by atoms with Crippen LogP contribution >= 0.6 is 23.4 Å². The summed E-state index contributed by atoms with van der Waals surface area (Å²) in [5.41, 5.74) is 4.76. The lowest BCUT2D eigenvalue weighted by atomic mass is 10.0. The predicted molar refractivity (Wildman–Crippen MR) is 112 cm³/mol. The Morgan fingerprint density at radius 3 is 2.79 bits per heavy atom. The van der Waals surface area contributed by atoms with Crippen LogP contribution in [0.15, 0.2) is 53.7 Å². The quantitative estimate of drug-likeness (QED) is 0.625. The van der Waals surface area contributed by atoms with Crippen LogP contribution in [0.2, 0.25) is 5.02 Å². The predicted octanol–water partition coefficient (Wildman–Crippen LogP) is 4.42. The van der Waals surface area contributed by atoms with Gasteiger partial charge >= 0.3 is 0 Å². The number of aryl methyl sites for hydroxylation is 1. The molecule has 1 aliphatic heterocycles. The number of hydrogen-bond donors (Lipinski definition) is 2. The summed E-state index contributed by atoms with van der Waals surface area (Å²) in [6.07, 6.45) is 1.68. The molecule has 0 bridgehead atoms. The van der Waals surface area contributed by atoms with Gasteiger partial charge < -0.3 is 10.7 Å². The zero-order chi connectivity index (χ0) is 20.4. The van der Waals surface area contributed by atoms with Gasteiger partial charge in [0.15, 0.2) is 5.82 Å². The lowest BCUT2D eigenvalue weighted by Gasteiger charge is -2.33. The van der Waals surface area contributed by atoms with Gasteiger partial charge in [0.05, 0.1) is 6.04 Å². The minimum atomic E-state index is -0.536. The van der Waals surface area contributed by atoms with Crippen molar-refractivity contribution in [2.45, 2.75) is 36.2 Å². The van der Waals surface area contributed by atoms with Crippen molar-refractivity contribution in [2.75, 3.05) is 10.7 Å². The van der Waals surface area contributed by atoms with E-state index in [2.05, 4.69) is 27.9 Å². The van der Waals surface area contributed by atoms with Crippen LogP contribution in [0.4, 0.5) is 10.1 Å². The Balaban J connectivity index is 1.66. The van der Waals surface area contributed by atoms with Crippen LogP contribution in [0, 0.1) is 5.82 Å². The molecule has 3 aromatic rings. The van der Waals surface area contributed by atoms with Crippen LogP contribution in [0.25, 0.3) is 0 Å². The second-order valence-electron chi connectivity index (χ2n) is 6.68. The molecule has 0 radical (unpaired) electrons. The monoisotopic (exact) mass is 431 g/mol. The first-order valence-corrected chi connectivity index (χ1v) is 10.5. The summed E-state index contributed by atoms with van der Waals surface area (Å²) in [5.74, 6) is 0.273. The van der Waals surface area contributed by atoms with Crippen LogP contribution in [-0.2, 0) is 11.2 Å². The zero-order valence-corrected chi connectivity index (χ0v) is 17.2. The smallest absolute Gasteiger partial charge is 0.240 e. The molecule has 2 aromatic carbocycles. The summed E-state index contributed by atoms with van der Waals surface area (Å²) in [6, 6.07) is 12.7. The maximum atomic E-state index is 13.4. The third kappa shape index (κ3) is 4.23. The second kappa shape index (κ2) is 8.42. The third-order valence-corrected chi connectivity index (χ3v) is 6.01. The van der Waals surface area contributed by atoms with Crippen molar-refractivity contribution in [1.29, 1.82) is 0 Å². The minimum Gasteiger partial charge on any atom is -0.325 e. The topological polar surface area (TPSA) is 71.8 Å². The van der Waals surface area contributed by atoms with Crippen LogP contribution in [-0.4, -0.2) is 26.0 Å². The summed E-state index contributed by atoms with van der Waals surface area (Å²) in [7, 11) is 0. The number of nitrogens with one attached hydrogen (secondary N) is 2. The molecule has 2 heterocycles. The lowest BCUT2D eigenvalue weighted by molar-refractivity contribution is -0.116. The number of aromatic nitrogens is 3. The lowest BCUT2D eigenvalue weighted by Crippen LogP contribution is -2.41. The first-order valence-electron chi connectivity index (χ1n) is 9.24. The summed E-state index contributed by atoms with van der Waals surface area (Å²) in [6.45, 7) is 2.07. The van der Waals surface area contributed by atoms with E-state index in [1.165, 1.54) is 23.9 Å². The zero-order valence-electron chi connectivity index (χ0n) is 15.6. The first-order chi connectivity index (χ1) is 14.0. The molecule has 6 nitrogen and oxygen atoms in total. The molecule has 2 atom stereocenters. The highest BCUT2D eigenvalue weighted by atomic mass is 35.5. The summed E-state index contributed by atoms with van der Waals surface area (Å²) < 4.78 is 15.3. The van der Waals surface area contributed by atoms with Gasteiger partial charge in [-0.3, -0.25) is 4.79 Å². The van der Waals surface area contributed by atoms with Crippen molar-refractivity contribution < 1.29 is 9.18 Å². The Hall–Kier alpha value is -2.58. The number of carbonyl (C=O) groups excluding carboxylic acids is 1. The molecule has 0 saturated carbocycles. The Bertz CT molecular complexity index is 1030. The average Bonchev–Trinajstić information content (AvgIpc) is 3.10. The molecular formula is C20H19ClFN5OS. The van der Waals surface area contributed by atoms with Crippen molar-refractivity contribution in [3.63, 3.8) is 0 Å². The van der Waals surface area contributed by atoms with Crippen LogP contribution in [0.1, 0.15) is 30.8 Å². The molecule has 4 rings (SSSR count). The van der Waals surface area contributed by atoms with Gasteiger partial charge in [-0.05, 0) is 42.3 Å². The molecule has 2 N–H and O–H groups in total. The minimum absolute atomic E-state index is 0.203. The standard InChI is InChI=1S/C20H19ClFN5OS/c1-2-4-16-24-25-20-27(16)26-17(12-7-9-14(22)10-8-12)18(29-20)19(28)23-15-6-3-5-13(21)11-15/h3,5-11,17-18,26H,2,4H2,1H3,(H,23,28)/t17-,18+/m1/s1. The number of halogens is 2. The molecule has 9 heteroatoms. The molecule has 1 amide bonds. The number of anilines is 1. The molecule has 0 spiro atoms. The van der Waals surface area contributed by atoms with E-state index in [0.29, 0.717) is 15.9 Å². The van der Waals surface area contributed by atoms with E-state index in [1.807, 2.05) is 4.68 Å². The van der Waals surface area contributed by atoms with Gasteiger partial charge in [0, 0.05) is 17.1 Å². The molecule has 0 unspecified atom stereocenters. The molecule has 0 aliphatic carbocycles. The number of hydrogen-bond acceptors (Lipinski definition) is 5. The fourth-order valence-corrected chi connectivity index (χ4v) is 4.47. The Labute approximate surface area is 176 Å². The van der Waals surface area contributed by atoms with E-state index in [1.54, 1.807) is 36.4 Å². The van der Waals surface area contributed by atoms with Gasteiger partial charge in [-0.1, -0.05) is 48.5 Å².